The average molecular weight is 102 g/mol. The molecular formula is C2H6N4O. The lowest BCUT2D eigenvalue weighted by Gasteiger charge is -1.45. The van der Waals surface area contributed by atoms with Crippen LogP contribution in [-0.2, 0) is 0 Å². The molecule has 0 fully saturated rings. The number of nitrogens with zero attached hydrogens (tertiary/aromatic N) is 2. The summed E-state index contributed by atoms with van der Waals surface area (Å²) in [5.41, 5.74) is 0. The molecule has 0 aromatic carbocycles. The SMILES string of the molecule is NN.c1cnon1. The molecule has 7 heavy (non-hydrogen) atoms. The first-order valence-electron chi connectivity index (χ1n) is 1.55. The van der Waals surface area contributed by atoms with Crippen LogP contribution in [0.2, 0.25) is 0 Å². The van der Waals surface area contributed by atoms with Crippen molar-refractivity contribution < 1.29 is 4.63 Å². The molecule has 0 saturated heterocycles. The van der Waals surface area contributed by atoms with Crippen molar-refractivity contribution in [2.45, 2.75) is 0 Å². The molecule has 1 aromatic heterocycles. The Morgan fingerprint density at radius 3 is 1.71 bits per heavy atom. The Bertz CT molecular complexity index is 66.2. The van der Waals surface area contributed by atoms with Crippen molar-refractivity contribution in [1.29, 1.82) is 0 Å². The standard InChI is InChI=1S/C2H2N2O.H4N2/c1-2-4-5-3-1;1-2/h1-2H;1-2H2. The van der Waals surface area contributed by atoms with Gasteiger partial charge in [0.05, 0.1) is 12.4 Å². The van der Waals surface area contributed by atoms with Crippen LogP contribution in [0.4, 0.5) is 0 Å². The van der Waals surface area contributed by atoms with Gasteiger partial charge in [-0.2, -0.15) is 0 Å². The molecule has 0 amide bonds. The molecule has 0 aliphatic heterocycles. The van der Waals surface area contributed by atoms with Gasteiger partial charge in [-0.05, 0) is 0 Å². The van der Waals surface area contributed by atoms with Gasteiger partial charge in [-0.15, -0.1) is 0 Å². The molecular weight excluding hydrogens is 96.0 g/mol. The van der Waals surface area contributed by atoms with E-state index in [0.29, 0.717) is 0 Å². The molecule has 0 spiro atoms. The maximum absolute atomic E-state index is 4.08. The third-order valence-electron chi connectivity index (χ3n) is 0.283. The zero-order valence-corrected chi connectivity index (χ0v) is 3.61. The number of hydrogen-bond acceptors (Lipinski definition) is 5. The van der Waals surface area contributed by atoms with Crippen molar-refractivity contribution in [2.24, 2.45) is 11.7 Å². The van der Waals surface area contributed by atoms with E-state index in [0.717, 1.165) is 0 Å². The molecule has 0 unspecified atom stereocenters. The largest absolute Gasteiger partial charge is 0.274 e. The summed E-state index contributed by atoms with van der Waals surface area (Å²) in [7, 11) is 0. The molecule has 1 rings (SSSR count). The third kappa shape index (κ3) is 2.87. The van der Waals surface area contributed by atoms with Gasteiger partial charge in [0.25, 0.3) is 0 Å². The Hall–Kier alpha value is -0.940. The monoisotopic (exact) mass is 102 g/mol. The van der Waals surface area contributed by atoms with Gasteiger partial charge in [0.1, 0.15) is 0 Å². The van der Waals surface area contributed by atoms with Crippen LogP contribution in [0.15, 0.2) is 17.0 Å². The van der Waals surface area contributed by atoms with Crippen LogP contribution in [0.3, 0.4) is 0 Å². The van der Waals surface area contributed by atoms with Crippen molar-refractivity contribution in [1.82, 2.24) is 10.3 Å². The minimum Gasteiger partial charge on any atom is -0.274 e. The van der Waals surface area contributed by atoms with Gasteiger partial charge in [0, 0.05) is 0 Å². The number of nitrogens with two attached hydrogens (primary N) is 2. The fourth-order valence-corrected chi connectivity index (χ4v) is 0.136. The van der Waals surface area contributed by atoms with E-state index in [1.807, 2.05) is 0 Å². The molecule has 0 aliphatic rings. The van der Waals surface area contributed by atoms with E-state index in [9.17, 15) is 0 Å². The predicted octanol–water partition coefficient (Wildman–Crippen LogP) is -1.11. The van der Waals surface area contributed by atoms with Crippen LogP contribution in [-0.4, -0.2) is 10.3 Å². The van der Waals surface area contributed by atoms with Gasteiger partial charge in [-0.1, -0.05) is 10.3 Å². The van der Waals surface area contributed by atoms with Crippen LogP contribution < -0.4 is 11.7 Å². The minimum atomic E-state index is 1.47. The highest BCUT2D eigenvalue weighted by molar-refractivity contribution is 4.51. The van der Waals surface area contributed by atoms with Gasteiger partial charge in [0.15, 0.2) is 0 Å². The second-order valence-corrected chi connectivity index (χ2v) is 0.591. The molecule has 40 valence electrons. The number of rotatable bonds is 0. The zero-order chi connectivity index (χ0) is 5.54. The zero-order valence-electron chi connectivity index (χ0n) is 3.61. The Morgan fingerprint density at radius 2 is 1.57 bits per heavy atom. The second kappa shape index (κ2) is 5.06. The second-order valence-electron chi connectivity index (χ2n) is 0.591. The molecule has 0 radical (unpaired) electrons. The van der Waals surface area contributed by atoms with E-state index < -0.39 is 0 Å². The first-order chi connectivity index (χ1) is 3.50. The molecule has 5 nitrogen and oxygen atoms in total. The van der Waals surface area contributed by atoms with Gasteiger partial charge in [0.2, 0.25) is 0 Å². The number of aromatic nitrogens is 2. The summed E-state index contributed by atoms with van der Waals surface area (Å²) in [6.45, 7) is 0. The lowest BCUT2D eigenvalue weighted by atomic mass is 11.0. The molecule has 5 heteroatoms. The normalized spacial score (nSPS) is 6.57. The van der Waals surface area contributed by atoms with Crippen molar-refractivity contribution in [3.8, 4) is 0 Å². The molecule has 0 saturated carbocycles. The summed E-state index contributed by atoms with van der Waals surface area (Å²) >= 11 is 0. The van der Waals surface area contributed by atoms with Gasteiger partial charge in [-0.25, -0.2) is 4.63 Å². The topological polar surface area (TPSA) is 91.0 Å². The summed E-state index contributed by atoms with van der Waals surface area (Å²) < 4.78 is 4.08. The van der Waals surface area contributed by atoms with Crippen LogP contribution in [0, 0.1) is 0 Å². The smallest absolute Gasteiger partial charge is 0.0913 e. The number of hydrogen-bond donors (Lipinski definition) is 2. The molecule has 0 bridgehead atoms. The van der Waals surface area contributed by atoms with E-state index in [2.05, 4.69) is 26.6 Å². The minimum absolute atomic E-state index is 1.47. The summed E-state index contributed by atoms with van der Waals surface area (Å²) in [6.07, 6.45) is 2.94. The Morgan fingerprint density at radius 1 is 1.14 bits per heavy atom. The third-order valence-corrected chi connectivity index (χ3v) is 0.283. The van der Waals surface area contributed by atoms with Gasteiger partial charge < -0.3 is 0 Å². The van der Waals surface area contributed by atoms with Crippen molar-refractivity contribution >= 4 is 0 Å². The summed E-state index contributed by atoms with van der Waals surface area (Å²) in [5.74, 6) is 8.00. The van der Waals surface area contributed by atoms with Crippen molar-refractivity contribution in [2.75, 3.05) is 0 Å². The van der Waals surface area contributed by atoms with E-state index >= 15 is 0 Å². The highest BCUT2D eigenvalue weighted by Gasteiger charge is 1.61. The fraction of sp³-hybridized carbons (Fsp3) is 0. The predicted molar refractivity (Wildman–Crippen MR) is 22.7 cm³/mol. The highest BCUT2D eigenvalue weighted by Crippen LogP contribution is 1.62. The maximum Gasteiger partial charge on any atom is 0.0913 e. The fourth-order valence-electron chi connectivity index (χ4n) is 0.136. The van der Waals surface area contributed by atoms with Crippen molar-refractivity contribution in [3.05, 3.63) is 12.4 Å². The van der Waals surface area contributed by atoms with E-state index in [1.54, 1.807) is 0 Å². The highest BCUT2D eigenvalue weighted by atomic mass is 16.6. The van der Waals surface area contributed by atoms with Gasteiger partial charge >= 0.3 is 0 Å². The summed E-state index contributed by atoms with van der Waals surface area (Å²) in [4.78, 5) is 0. The first-order valence-corrected chi connectivity index (χ1v) is 1.55. The quantitative estimate of drug-likeness (QED) is 0.320. The Kier molecular flexibility index (Phi) is 4.38. The van der Waals surface area contributed by atoms with Crippen LogP contribution in [0.5, 0.6) is 0 Å². The summed E-state index contributed by atoms with van der Waals surface area (Å²) in [6, 6.07) is 0. The molecule has 4 N–H and O–H groups in total. The van der Waals surface area contributed by atoms with Crippen LogP contribution >= 0.6 is 0 Å². The van der Waals surface area contributed by atoms with Crippen molar-refractivity contribution in [3.63, 3.8) is 0 Å². The Labute approximate surface area is 40.2 Å². The molecule has 0 aliphatic carbocycles. The first kappa shape index (κ1) is 6.06. The van der Waals surface area contributed by atoms with Crippen LogP contribution in [0.1, 0.15) is 0 Å². The average Bonchev–Trinajstić information content (AvgIpc) is 2.23. The van der Waals surface area contributed by atoms with E-state index in [4.69, 9.17) is 0 Å². The van der Waals surface area contributed by atoms with Crippen LogP contribution in [0.25, 0.3) is 0 Å². The van der Waals surface area contributed by atoms with Gasteiger partial charge in [-0.3, -0.25) is 11.7 Å². The lowest BCUT2D eigenvalue weighted by Crippen LogP contribution is -2.02. The molecule has 1 aromatic rings. The molecule has 1 heterocycles. The van der Waals surface area contributed by atoms with E-state index in [1.165, 1.54) is 12.4 Å². The molecule has 0 atom stereocenters. The van der Waals surface area contributed by atoms with E-state index in [-0.39, 0.29) is 0 Å². The lowest BCUT2D eigenvalue weighted by molar-refractivity contribution is 0.307. The number of hydrazine groups is 1. The Balaban J connectivity index is 0.000000162. The maximum atomic E-state index is 4.08. The summed E-state index contributed by atoms with van der Waals surface area (Å²) in [5, 5.41) is 6.47.